The van der Waals surface area contributed by atoms with Crippen LogP contribution in [-0.4, -0.2) is 63.5 Å². The van der Waals surface area contributed by atoms with E-state index in [2.05, 4.69) is 5.32 Å². The second-order valence-electron chi connectivity index (χ2n) is 5.52. The molecule has 0 unspecified atom stereocenters. The van der Waals surface area contributed by atoms with E-state index in [9.17, 15) is 29.4 Å². The number of aliphatic hydroxyl groups is 1. The minimum atomic E-state index is -1.45. The van der Waals surface area contributed by atoms with Crippen molar-refractivity contribution in [3.8, 4) is 0 Å². The van der Waals surface area contributed by atoms with E-state index in [0.29, 0.717) is 4.90 Å². The van der Waals surface area contributed by atoms with Gasteiger partial charge in [0.25, 0.3) is 5.91 Å². The van der Waals surface area contributed by atoms with Crippen LogP contribution >= 0.6 is 0 Å². The maximum atomic E-state index is 12.5. The van der Waals surface area contributed by atoms with E-state index in [1.54, 1.807) is 6.92 Å². The number of nitrogens with one attached hydrogen (secondary N) is 1. The summed E-state index contributed by atoms with van der Waals surface area (Å²) < 4.78 is 0. The molecule has 3 amide bonds. The summed E-state index contributed by atoms with van der Waals surface area (Å²) in [5, 5.41) is 20.8. The lowest BCUT2D eigenvalue weighted by atomic mass is 10.00. The molecule has 5 N–H and O–H groups in total. The van der Waals surface area contributed by atoms with Gasteiger partial charge in [0.05, 0.1) is 12.6 Å². The molecular formula is C14H25N3O6. The third kappa shape index (κ3) is 5.61. The van der Waals surface area contributed by atoms with Gasteiger partial charge < -0.3 is 21.3 Å². The van der Waals surface area contributed by atoms with E-state index in [1.807, 2.05) is 0 Å². The van der Waals surface area contributed by atoms with E-state index in [4.69, 9.17) is 5.73 Å². The number of aliphatic carboxylic acids is 1. The molecule has 9 nitrogen and oxygen atoms in total. The average Bonchev–Trinajstić information content (AvgIpc) is 2.46. The molecule has 9 heteroatoms. The van der Waals surface area contributed by atoms with Crippen LogP contribution in [0.15, 0.2) is 0 Å². The monoisotopic (exact) mass is 331 g/mol. The van der Waals surface area contributed by atoms with Gasteiger partial charge in [0.15, 0.2) is 0 Å². The number of amides is 3. The lowest BCUT2D eigenvalue weighted by Crippen LogP contribution is -2.61. The molecule has 0 aliphatic carbocycles. The van der Waals surface area contributed by atoms with Crippen LogP contribution in [0.1, 0.15) is 34.1 Å². The second-order valence-corrected chi connectivity index (χ2v) is 5.52. The number of imide groups is 1. The molecule has 0 saturated carbocycles. The number of carboxylic acid groups (broad SMARTS) is 1. The number of carbonyl (C=O) groups is 4. The van der Waals surface area contributed by atoms with Crippen molar-refractivity contribution in [1.82, 2.24) is 10.2 Å². The van der Waals surface area contributed by atoms with Gasteiger partial charge in [-0.05, 0) is 12.3 Å². The maximum Gasteiger partial charge on any atom is 0.327 e. The Morgan fingerprint density at radius 3 is 2.00 bits per heavy atom. The summed E-state index contributed by atoms with van der Waals surface area (Å²) in [6, 6.07) is -3.92. The number of carboxylic acids is 1. The van der Waals surface area contributed by atoms with E-state index in [1.165, 1.54) is 13.8 Å². The third-order valence-electron chi connectivity index (χ3n) is 3.25. The van der Waals surface area contributed by atoms with Crippen LogP contribution in [0.3, 0.4) is 0 Å². The van der Waals surface area contributed by atoms with E-state index in [-0.39, 0.29) is 6.42 Å². The van der Waals surface area contributed by atoms with Crippen LogP contribution in [0.5, 0.6) is 0 Å². The lowest BCUT2D eigenvalue weighted by molar-refractivity contribution is -0.162. The number of hydrogen-bond acceptors (Lipinski definition) is 6. The minimum absolute atomic E-state index is 0.205. The second kappa shape index (κ2) is 9.21. The topological polar surface area (TPSA) is 150 Å². The van der Waals surface area contributed by atoms with E-state index < -0.39 is 54.3 Å². The predicted octanol–water partition coefficient (Wildman–Crippen LogP) is -1.31. The van der Waals surface area contributed by atoms with Crippen molar-refractivity contribution >= 4 is 23.7 Å². The van der Waals surface area contributed by atoms with Crippen molar-refractivity contribution in [2.45, 2.75) is 52.2 Å². The number of rotatable bonds is 8. The fraction of sp³-hybridized carbons (Fsp3) is 0.714. The molecule has 3 atom stereocenters. The summed E-state index contributed by atoms with van der Waals surface area (Å²) in [4.78, 5) is 48.1. The van der Waals surface area contributed by atoms with Crippen LogP contribution in [0, 0.1) is 5.92 Å². The smallest absolute Gasteiger partial charge is 0.327 e. The Morgan fingerprint density at radius 1 is 1.17 bits per heavy atom. The van der Waals surface area contributed by atoms with E-state index in [0.717, 1.165) is 6.92 Å². The van der Waals surface area contributed by atoms with Crippen molar-refractivity contribution in [2.75, 3.05) is 6.61 Å². The fourth-order valence-electron chi connectivity index (χ4n) is 2.03. The van der Waals surface area contributed by atoms with Crippen LogP contribution in [0.4, 0.5) is 0 Å². The molecule has 0 spiro atoms. The molecule has 0 aliphatic heterocycles. The summed E-state index contributed by atoms with van der Waals surface area (Å²) in [6.07, 6.45) is 0.205. The van der Waals surface area contributed by atoms with Crippen LogP contribution in [-0.2, 0) is 19.2 Å². The van der Waals surface area contributed by atoms with Crippen molar-refractivity contribution in [3.63, 3.8) is 0 Å². The highest BCUT2D eigenvalue weighted by atomic mass is 16.4. The van der Waals surface area contributed by atoms with Gasteiger partial charge in [-0.1, -0.05) is 20.8 Å². The number of carbonyl (C=O) groups excluding carboxylic acids is 3. The first kappa shape index (κ1) is 21.0. The van der Waals surface area contributed by atoms with Gasteiger partial charge in [-0.15, -0.1) is 0 Å². The summed E-state index contributed by atoms with van der Waals surface area (Å²) >= 11 is 0. The average molecular weight is 331 g/mol. The van der Waals surface area contributed by atoms with Crippen molar-refractivity contribution in [2.24, 2.45) is 11.7 Å². The highest BCUT2D eigenvalue weighted by Crippen LogP contribution is 2.15. The molecule has 23 heavy (non-hydrogen) atoms. The molecule has 0 aromatic rings. The zero-order valence-corrected chi connectivity index (χ0v) is 13.8. The molecule has 0 bridgehead atoms. The standard InChI is InChI=1S/C14H25N3O6/c1-5-9(15)12(20)17(11(7(2)3)14(22)23)13(21)10(6-18)16-8(4)19/h7,9-11,18H,5-6,15H2,1-4H3,(H,16,19)(H,22,23)/t9-,10-,11-/m0/s1. The largest absolute Gasteiger partial charge is 0.480 e. The molecule has 0 heterocycles. The van der Waals surface area contributed by atoms with Gasteiger partial charge in [-0.3, -0.25) is 19.3 Å². The molecule has 0 aromatic heterocycles. The first-order chi connectivity index (χ1) is 10.6. The molecule has 0 rings (SSSR count). The van der Waals surface area contributed by atoms with Gasteiger partial charge in [0, 0.05) is 6.92 Å². The molecule has 0 fully saturated rings. The zero-order valence-electron chi connectivity index (χ0n) is 13.8. The lowest BCUT2D eigenvalue weighted by Gasteiger charge is -2.33. The Labute approximate surface area is 134 Å². The SMILES string of the molecule is CC[C@H](N)C(=O)N(C(=O)[C@H](CO)NC(C)=O)[C@H](C(=O)O)C(C)C. The van der Waals surface area contributed by atoms with E-state index >= 15 is 0 Å². The van der Waals surface area contributed by atoms with Crippen molar-refractivity contribution in [3.05, 3.63) is 0 Å². The van der Waals surface area contributed by atoms with Gasteiger partial charge in [0.1, 0.15) is 12.1 Å². The van der Waals surface area contributed by atoms with Gasteiger partial charge in [-0.25, -0.2) is 4.79 Å². The van der Waals surface area contributed by atoms with Crippen molar-refractivity contribution < 1.29 is 29.4 Å². The molecule has 0 aromatic carbocycles. The predicted molar refractivity (Wildman–Crippen MR) is 81.1 cm³/mol. The van der Waals surface area contributed by atoms with Crippen LogP contribution in [0.2, 0.25) is 0 Å². The van der Waals surface area contributed by atoms with Crippen molar-refractivity contribution in [1.29, 1.82) is 0 Å². The first-order valence-electron chi connectivity index (χ1n) is 7.31. The summed E-state index contributed by atoms with van der Waals surface area (Å²) in [5.41, 5.74) is 5.65. The molecule has 132 valence electrons. The third-order valence-corrected chi connectivity index (χ3v) is 3.25. The summed E-state index contributed by atoms with van der Waals surface area (Å²) in [7, 11) is 0. The summed E-state index contributed by atoms with van der Waals surface area (Å²) in [6.45, 7) is 5.06. The number of hydrogen-bond donors (Lipinski definition) is 4. The Bertz CT molecular complexity index is 465. The highest BCUT2D eigenvalue weighted by molar-refractivity contribution is 6.04. The van der Waals surface area contributed by atoms with Crippen LogP contribution in [0.25, 0.3) is 0 Å². The Morgan fingerprint density at radius 2 is 1.70 bits per heavy atom. The molecular weight excluding hydrogens is 306 g/mol. The van der Waals surface area contributed by atoms with Gasteiger partial charge in [-0.2, -0.15) is 0 Å². The Kier molecular flexibility index (Phi) is 8.41. The number of aliphatic hydroxyl groups excluding tert-OH is 1. The molecule has 0 aliphatic rings. The minimum Gasteiger partial charge on any atom is -0.480 e. The number of nitrogens with zero attached hydrogens (tertiary/aromatic N) is 1. The quantitative estimate of drug-likeness (QED) is 0.431. The highest BCUT2D eigenvalue weighted by Gasteiger charge is 2.41. The first-order valence-corrected chi connectivity index (χ1v) is 7.31. The van der Waals surface area contributed by atoms with Crippen LogP contribution < -0.4 is 11.1 Å². The Hall–Kier alpha value is -2.00. The summed E-state index contributed by atoms with van der Waals surface area (Å²) in [5.74, 6) is -4.41. The number of nitrogens with two attached hydrogens (primary N) is 1. The van der Waals surface area contributed by atoms with Gasteiger partial charge >= 0.3 is 5.97 Å². The maximum absolute atomic E-state index is 12.5. The van der Waals surface area contributed by atoms with Gasteiger partial charge in [0.2, 0.25) is 11.8 Å². The normalized spacial score (nSPS) is 14.7. The molecule has 0 saturated heterocycles. The fourth-order valence-corrected chi connectivity index (χ4v) is 2.03. The zero-order chi connectivity index (χ0) is 18.3. The molecule has 0 radical (unpaired) electrons. The Balaban J connectivity index is 5.82.